The fourth-order valence-corrected chi connectivity index (χ4v) is 3.98. The lowest BCUT2D eigenvalue weighted by Gasteiger charge is -2.36. The first-order chi connectivity index (χ1) is 14.5. The number of hydrogen-bond acceptors (Lipinski definition) is 5. The van der Waals surface area contributed by atoms with Crippen LogP contribution in [-0.2, 0) is 17.9 Å². The zero-order chi connectivity index (χ0) is 21.3. The van der Waals surface area contributed by atoms with Crippen molar-refractivity contribution in [3.8, 4) is 0 Å². The first kappa shape index (κ1) is 22.4. The van der Waals surface area contributed by atoms with E-state index in [1.807, 2.05) is 31.1 Å². The second kappa shape index (κ2) is 11.2. The molecule has 2 aromatic rings. The molecule has 2 heterocycles. The summed E-state index contributed by atoms with van der Waals surface area (Å²) in [5.41, 5.74) is 0.742. The van der Waals surface area contributed by atoms with Crippen LogP contribution in [0.1, 0.15) is 24.8 Å². The van der Waals surface area contributed by atoms with Gasteiger partial charge in [0.25, 0.3) is 0 Å². The normalized spacial score (nSPS) is 17.4. The Morgan fingerprint density at radius 2 is 2.10 bits per heavy atom. The second-order valence-corrected chi connectivity index (χ2v) is 8.39. The number of aryl methyl sites for hydroxylation is 1. The maximum atomic E-state index is 14.0. The van der Waals surface area contributed by atoms with Crippen LogP contribution in [0.15, 0.2) is 36.9 Å². The maximum Gasteiger partial charge on any atom is 0.224 e. The van der Waals surface area contributed by atoms with Crippen LogP contribution < -0.4 is 0 Å². The molecule has 0 radical (unpaired) electrons. The monoisotopic (exact) mass is 416 g/mol. The van der Waals surface area contributed by atoms with Gasteiger partial charge in [0, 0.05) is 44.7 Å². The van der Waals surface area contributed by atoms with Crippen molar-refractivity contribution in [2.24, 2.45) is 5.92 Å². The maximum absolute atomic E-state index is 14.0. The van der Waals surface area contributed by atoms with Crippen molar-refractivity contribution >= 4 is 5.91 Å². The Hall–Kier alpha value is -2.32. The lowest BCUT2D eigenvalue weighted by molar-refractivity contribution is -0.132. The Morgan fingerprint density at radius 1 is 1.27 bits per heavy atom. The molecule has 8 heteroatoms. The third-order valence-corrected chi connectivity index (χ3v) is 5.62. The molecular weight excluding hydrogens is 383 g/mol. The lowest BCUT2D eigenvalue weighted by atomic mass is 9.96. The van der Waals surface area contributed by atoms with E-state index in [1.54, 1.807) is 17.1 Å². The van der Waals surface area contributed by atoms with E-state index in [4.69, 9.17) is 0 Å². The van der Waals surface area contributed by atoms with Crippen molar-refractivity contribution in [3.05, 3.63) is 48.3 Å². The van der Waals surface area contributed by atoms with Gasteiger partial charge in [0.1, 0.15) is 18.5 Å². The smallest absolute Gasteiger partial charge is 0.224 e. The molecule has 0 bridgehead atoms. The van der Waals surface area contributed by atoms with E-state index in [9.17, 15) is 9.18 Å². The van der Waals surface area contributed by atoms with Gasteiger partial charge in [-0.1, -0.05) is 18.2 Å². The van der Waals surface area contributed by atoms with Crippen molar-refractivity contribution in [3.63, 3.8) is 0 Å². The van der Waals surface area contributed by atoms with Crippen LogP contribution in [0.4, 0.5) is 4.39 Å². The van der Waals surface area contributed by atoms with E-state index < -0.39 is 0 Å². The Balaban J connectivity index is 1.56. The largest absolute Gasteiger partial charge is 0.341 e. The van der Waals surface area contributed by atoms with Gasteiger partial charge in [-0.3, -0.25) is 14.4 Å². The summed E-state index contributed by atoms with van der Waals surface area (Å²) in [6.07, 6.45) is 5.72. The topological polar surface area (TPSA) is 57.5 Å². The van der Waals surface area contributed by atoms with Crippen LogP contribution >= 0.6 is 0 Å². The van der Waals surface area contributed by atoms with Crippen LogP contribution in [0.25, 0.3) is 0 Å². The van der Waals surface area contributed by atoms with Crippen molar-refractivity contribution in [2.45, 2.75) is 32.4 Å². The number of amides is 1. The first-order valence-electron chi connectivity index (χ1n) is 10.7. The predicted molar refractivity (Wildman–Crippen MR) is 114 cm³/mol. The molecule has 0 spiro atoms. The number of rotatable bonds is 10. The molecule has 0 N–H and O–H groups in total. The quantitative estimate of drug-likeness (QED) is 0.594. The van der Waals surface area contributed by atoms with Crippen molar-refractivity contribution in [1.29, 1.82) is 0 Å². The van der Waals surface area contributed by atoms with Gasteiger partial charge in [-0.15, -0.1) is 0 Å². The summed E-state index contributed by atoms with van der Waals surface area (Å²) in [5, 5.41) is 4.08. The Kier molecular flexibility index (Phi) is 8.33. The van der Waals surface area contributed by atoms with Crippen LogP contribution in [0.3, 0.4) is 0 Å². The number of carbonyl (C=O) groups excluding carboxylic acids is 1. The molecule has 0 aliphatic carbocycles. The molecule has 0 saturated carbocycles. The van der Waals surface area contributed by atoms with E-state index in [1.165, 1.54) is 12.4 Å². The highest BCUT2D eigenvalue weighted by atomic mass is 19.1. The number of likely N-dealkylation sites (N-methyl/N-ethyl adjacent to an activating group) is 1. The van der Waals surface area contributed by atoms with Crippen LogP contribution in [-0.4, -0.2) is 82.2 Å². The fraction of sp³-hybridized carbons (Fsp3) is 0.591. The second-order valence-electron chi connectivity index (χ2n) is 8.39. The molecule has 1 aliphatic rings. The lowest BCUT2D eigenvalue weighted by Crippen LogP contribution is -2.44. The van der Waals surface area contributed by atoms with Gasteiger partial charge in [0.05, 0.1) is 6.54 Å². The number of piperidine rings is 1. The number of benzene rings is 1. The molecule has 1 fully saturated rings. The summed E-state index contributed by atoms with van der Waals surface area (Å²) in [7, 11) is 4.05. The molecule has 1 aromatic heterocycles. The third kappa shape index (κ3) is 6.88. The molecule has 1 aliphatic heterocycles. The first-order valence-corrected chi connectivity index (χ1v) is 10.7. The minimum Gasteiger partial charge on any atom is -0.341 e. The molecule has 3 rings (SSSR count). The van der Waals surface area contributed by atoms with E-state index >= 15 is 0 Å². The van der Waals surface area contributed by atoms with E-state index in [0.717, 1.165) is 44.6 Å². The summed E-state index contributed by atoms with van der Waals surface area (Å²) >= 11 is 0. The Bertz CT molecular complexity index is 782. The Labute approximate surface area is 178 Å². The summed E-state index contributed by atoms with van der Waals surface area (Å²) in [6.45, 7) is 5.33. The summed E-state index contributed by atoms with van der Waals surface area (Å²) < 4.78 is 15.7. The van der Waals surface area contributed by atoms with Gasteiger partial charge in [0.15, 0.2) is 0 Å². The molecule has 1 atom stereocenters. The highest BCUT2D eigenvalue weighted by Crippen LogP contribution is 2.21. The average Bonchev–Trinajstić information content (AvgIpc) is 3.25. The molecule has 7 nitrogen and oxygen atoms in total. The minimum absolute atomic E-state index is 0.143. The number of halogens is 1. The van der Waals surface area contributed by atoms with Crippen LogP contribution in [0.5, 0.6) is 0 Å². The van der Waals surface area contributed by atoms with Crippen molar-refractivity contribution < 1.29 is 9.18 Å². The molecule has 164 valence electrons. The number of hydrogen-bond donors (Lipinski definition) is 0. The number of aromatic nitrogens is 3. The number of nitrogens with zero attached hydrogens (tertiary/aromatic N) is 6. The summed E-state index contributed by atoms with van der Waals surface area (Å²) in [4.78, 5) is 23.3. The number of carbonyl (C=O) groups is 1. The van der Waals surface area contributed by atoms with Gasteiger partial charge in [-0.05, 0) is 45.5 Å². The zero-order valence-corrected chi connectivity index (χ0v) is 18.1. The number of likely N-dealkylation sites (tertiary alicyclic amines) is 1. The molecule has 30 heavy (non-hydrogen) atoms. The Morgan fingerprint density at radius 3 is 2.83 bits per heavy atom. The highest BCUT2D eigenvalue weighted by Gasteiger charge is 2.25. The molecule has 1 aromatic carbocycles. The third-order valence-electron chi connectivity index (χ3n) is 5.62. The van der Waals surface area contributed by atoms with E-state index in [0.29, 0.717) is 32.0 Å². The van der Waals surface area contributed by atoms with Crippen molar-refractivity contribution in [1.82, 2.24) is 29.5 Å². The summed E-state index contributed by atoms with van der Waals surface area (Å²) in [6, 6.07) is 6.99. The SMILES string of the molecule is CN(C)CCN(C[C@@H]1CCCN(Cc2ccccc2F)C1)C(=O)CCn1cncn1. The van der Waals surface area contributed by atoms with E-state index in [-0.39, 0.29) is 11.7 Å². The summed E-state index contributed by atoms with van der Waals surface area (Å²) in [5.74, 6) is 0.414. The average molecular weight is 417 g/mol. The minimum atomic E-state index is -0.143. The van der Waals surface area contributed by atoms with Gasteiger partial charge in [0.2, 0.25) is 5.91 Å². The fourth-order valence-electron chi connectivity index (χ4n) is 3.98. The zero-order valence-electron chi connectivity index (χ0n) is 18.1. The molecular formula is C22H33FN6O. The van der Waals surface area contributed by atoms with Crippen LogP contribution in [0.2, 0.25) is 0 Å². The van der Waals surface area contributed by atoms with Gasteiger partial charge < -0.3 is 9.80 Å². The van der Waals surface area contributed by atoms with Gasteiger partial charge in [-0.2, -0.15) is 5.10 Å². The van der Waals surface area contributed by atoms with Crippen molar-refractivity contribution in [2.75, 3.05) is 46.8 Å². The highest BCUT2D eigenvalue weighted by molar-refractivity contribution is 5.76. The predicted octanol–water partition coefficient (Wildman–Crippen LogP) is 2.11. The van der Waals surface area contributed by atoms with E-state index in [2.05, 4.69) is 19.9 Å². The van der Waals surface area contributed by atoms with Gasteiger partial charge >= 0.3 is 0 Å². The van der Waals surface area contributed by atoms with Crippen LogP contribution in [0, 0.1) is 11.7 Å². The molecule has 0 unspecified atom stereocenters. The standard InChI is InChI=1S/C22H33FN6O/c1-26(2)12-13-28(22(30)9-11-29-18-24-17-25-29)15-19-6-5-10-27(14-19)16-20-7-3-4-8-21(20)23/h3-4,7-8,17-19H,5-6,9-16H2,1-2H3/t19-/m1/s1. The molecule has 1 saturated heterocycles. The molecule has 1 amide bonds. The van der Waals surface area contributed by atoms with Gasteiger partial charge in [-0.25, -0.2) is 9.37 Å².